The summed E-state index contributed by atoms with van der Waals surface area (Å²) in [6.45, 7) is 3.43. The topological polar surface area (TPSA) is 63.2 Å². The molecule has 0 aliphatic rings. The molecule has 4 nitrogen and oxygen atoms in total. The second-order valence-electron chi connectivity index (χ2n) is 5.37. The number of carbonyl (C=O) groups excluding carboxylic acids is 3. The summed E-state index contributed by atoms with van der Waals surface area (Å²) in [5, 5.41) is 2.92. The van der Waals surface area contributed by atoms with Crippen molar-refractivity contribution in [1.82, 2.24) is 5.32 Å². The number of ketones is 2. The fourth-order valence-corrected chi connectivity index (χ4v) is 2.01. The molecule has 1 N–H and O–H groups in total. The predicted octanol–water partition coefficient (Wildman–Crippen LogP) is 2.91. The lowest BCUT2D eigenvalue weighted by Crippen LogP contribution is -2.32. The number of amides is 1. The van der Waals surface area contributed by atoms with Crippen LogP contribution in [0.2, 0.25) is 0 Å². The molecule has 0 bridgehead atoms. The van der Waals surface area contributed by atoms with Crippen LogP contribution in [0.25, 0.3) is 0 Å². The molecule has 1 rings (SSSR count). The highest BCUT2D eigenvalue weighted by Gasteiger charge is 2.10. The van der Waals surface area contributed by atoms with Gasteiger partial charge in [-0.1, -0.05) is 18.2 Å². The minimum atomic E-state index is -0.0917. The van der Waals surface area contributed by atoms with E-state index in [1.54, 1.807) is 12.1 Å². The summed E-state index contributed by atoms with van der Waals surface area (Å²) in [5.74, 6) is 0.0737. The Morgan fingerprint density at radius 3 is 2.33 bits per heavy atom. The van der Waals surface area contributed by atoms with E-state index in [0.29, 0.717) is 24.8 Å². The van der Waals surface area contributed by atoms with Gasteiger partial charge in [-0.3, -0.25) is 9.59 Å². The normalized spacial score (nSPS) is 11.7. The van der Waals surface area contributed by atoms with E-state index in [-0.39, 0.29) is 23.5 Å². The van der Waals surface area contributed by atoms with Gasteiger partial charge in [0.05, 0.1) is 0 Å². The molecule has 1 amide bonds. The quantitative estimate of drug-likeness (QED) is 0.760. The Morgan fingerprint density at radius 1 is 1.05 bits per heavy atom. The van der Waals surface area contributed by atoms with Crippen LogP contribution < -0.4 is 5.32 Å². The molecule has 0 saturated carbocycles. The standard InChI is InChI=1S/C17H23NO3/c1-13(7-6-10-16(20)12-11-14(2)19)18-17(21)15-8-4-3-5-9-15/h3-5,8-9,13H,6-7,10-12H2,1-2H3,(H,18,21). The molecular formula is C17H23NO3. The van der Waals surface area contributed by atoms with Crippen LogP contribution >= 0.6 is 0 Å². The minimum Gasteiger partial charge on any atom is -0.350 e. The molecule has 4 heteroatoms. The number of benzene rings is 1. The first-order valence-electron chi connectivity index (χ1n) is 7.36. The summed E-state index contributed by atoms with van der Waals surface area (Å²) in [6, 6.07) is 9.09. The average molecular weight is 289 g/mol. The first-order chi connectivity index (χ1) is 9.99. The summed E-state index contributed by atoms with van der Waals surface area (Å²) in [4.78, 5) is 34.2. The van der Waals surface area contributed by atoms with Crippen molar-refractivity contribution in [3.05, 3.63) is 35.9 Å². The Labute approximate surface area is 125 Å². The van der Waals surface area contributed by atoms with Crippen molar-refractivity contribution in [3.63, 3.8) is 0 Å². The van der Waals surface area contributed by atoms with E-state index in [0.717, 1.165) is 12.8 Å². The zero-order valence-electron chi connectivity index (χ0n) is 12.7. The van der Waals surface area contributed by atoms with Crippen LogP contribution in [0.1, 0.15) is 56.3 Å². The Kier molecular flexibility index (Phi) is 7.37. The number of nitrogens with one attached hydrogen (secondary N) is 1. The zero-order chi connectivity index (χ0) is 15.7. The van der Waals surface area contributed by atoms with E-state index < -0.39 is 0 Å². The summed E-state index contributed by atoms with van der Waals surface area (Å²) in [5.41, 5.74) is 0.641. The summed E-state index contributed by atoms with van der Waals surface area (Å²) in [7, 11) is 0. The van der Waals surface area contributed by atoms with Gasteiger partial charge in [0.1, 0.15) is 11.6 Å². The monoisotopic (exact) mass is 289 g/mol. The Morgan fingerprint density at radius 2 is 1.71 bits per heavy atom. The van der Waals surface area contributed by atoms with E-state index in [4.69, 9.17) is 0 Å². The van der Waals surface area contributed by atoms with Crippen LogP contribution in [0.3, 0.4) is 0 Å². The third-order valence-electron chi connectivity index (χ3n) is 3.26. The molecule has 1 atom stereocenters. The van der Waals surface area contributed by atoms with Crippen molar-refractivity contribution in [3.8, 4) is 0 Å². The minimum absolute atomic E-state index is 0.0262. The molecule has 114 valence electrons. The number of hydrogen-bond acceptors (Lipinski definition) is 3. The largest absolute Gasteiger partial charge is 0.350 e. The van der Waals surface area contributed by atoms with Gasteiger partial charge in [0.25, 0.3) is 5.91 Å². The van der Waals surface area contributed by atoms with Gasteiger partial charge in [-0.25, -0.2) is 0 Å². The summed E-state index contributed by atoms with van der Waals surface area (Å²) < 4.78 is 0. The van der Waals surface area contributed by atoms with Gasteiger partial charge in [-0.15, -0.1) is 0 Å². The van der Waals surface area contributed by atoms with Crippen molar-refractivity contribution in [2.75, 3.05) is 0 Å². The molecule has 0 heterocycles. The molecule has 0 saturated heterocycles. The second-order valence-corrected chi connectivity index (χ2v) is 5.37. The molecule has 21 heavy (non-hydrogen) atoms. The van der Waals surface area contributed by atoms with Gasteiger partial charge in [0.15, 0.2) is 0 Å². The second kappa shape index (κ2) is 9.06. The number of carbonyl (C=O) groups is 3. The maximum absolute atomic E-state index is 11.9. The Balaban J connectivity index is 2.22. The molecule has 0 spiro atoms. The van der Waals surface area contributed by atoms with Crippen LogP contribution in [0.15, 0.2) is 30.3 Å². The fourth-order valence-electron chi connectivity index (χ4n) is 2.01. The van der Waals surface area contributed by atoms with Gasteiger partial charge in [-0.2, -0.15) is 0 Å². The first kappa shape index (κ1) is 17.1. The average Bonchev–Trinajstić information content (AvgIpc) is 2.46. The highest BCUT2D eigenvalue weighted by Crippen LogP contribution is 2.06. The molecule has 0 aliphatic heterocycles. The van der Waals surface area contributed by atoms with Crippen LogP contribution in [0, 0.1) is 0 Å². The van der Waals surface area contributed by atoms with Gasteiger partial charge in [0.2, 0.25) is 0 Å². The van der Waals surface area contributed by atoms with Crippen molar-refractivity contribution in [1.29, 1.82) is 0 Å². The third-order valence-corrected chi connectivity index (χ3v) is 3.26. The highest BCUT2D eigenvalue weighted by atomic mass is 16.2. The molecule has 1 aromatic carbocycles. The van der Waals surface area contributed by atoms with E-state index in [9.17, 15) is 14.4 Å². The Hall–Kier alpha value is -1.97. The third kappa shape index (κ3) is 7.40. The van der Waals surface area contributed by atoms with Crippen LogP contribution in [0.5, 0.6) is 0 Å². The SMILES string of the molecule is CC(=O)CCC(=O)CCCC(C)NC(=O)c1ccccc1. The van der Waals surface area contributed by atoms with Crippen LogP contribution in [-0.4, -0.2) is 23.5 Å². The lowest BCUT2D eigenvalue weighted by atomic mass is 10.0. The lowest BCUT2D eigenvalue weighted by molar-refractivity contribution is -0.123. The number of hydrogen-bond donors (Lipinski definition) is 1. The van der Waals surface area contributed by atoms with Crippen molar-refractivity contribution >= 4 is 17.5 Å². The van der Waals surface area contributed by atoms with E-state index in [1.165, 1.54) is 6.92 Å². The van der Waals surface area contributed by atoms with Gasteiger partial charge in [-0.05, 0) is 38.8 Å². The molecule has 1 aromatic rings. The zero-order valence-corrected chi connectivity index (χ0v) is 12.7. The van der Waals surface area contributed by atoms with Crippen LogP contribution in [-0.2, 0) is 9.59 Å². The first-order valence-corrected chi connectivity index (χ1v) is 7.36. The van der Waals surface area contributed by atoms with Crippen molar-refractivity contribution in [2.45, 2.75) is 52.0 Å². The molecular weight excluding hydrogens is 266 g/mol. The van der Waals surface area contributed by atoms with Crippen molar-refractivity contribution in [2.24, 2.45) is 0 Å². The lowest BCUT2D eigenvalue weighted by Gasteiger charge is -2.13. The maximum Gasteiger partial charge on any atom is 0.251 e. The molecule has 0 aliphatic carbocycles. The maximum atomic E-state index is 11.9. The number of Topliss-reactive ketones (excluding diaryl/α,β-unsaturated/α-hetero) is 2. The van der Waals surface area contributed by atoms with Crippen LogP contribution in [0.4, 0.5) is 0 Å². The van der Waals surface area contributed by atoms with Gasteiger partial charge >= 0.3 is 0 Å². The number of rotatable bonds is 9. The Bertz CT molecular complexity index is 482. The van der Waals surface area contributed by atoms with Crippen molar-refractivity contribution < 1.29 is 14.4 Å². The van der Waals surface area contributed by atoms with E-state index in [2.05, 4.69) is 5.32 Å². The fraction of sp³-hybridized carbons (Fsp3) is 0.471. The van der Waals surface area contributed by atoms with E-state index >= 15 is 0 Å². The predicted molar refractivity (Wildman–Crippen MR) is 82.1 cm³/mol. The smallest absolute Gasteiger partial charge is 0.251 e. The molecule has 0 aromatic heterocycles. The molecule has 0 radical (unpaired) electrons. The summed E-state index contributed by atoms with van der Waals surface area (Å²) in [6.07, 6.45) is 2.62. The van der Waals surface area contributed by atoms with Gasteiger partial charge in [0, 0.05) is 30.9 Å². The summed E-state index contributed by atoms with van der Waals surface area (Å²) >= 11 is 0. The molecule has 0 fully saturated rings. The highest BCUT2D eigenvalue weighted by molar-refractivity contribution is 5.94. The van der Waals surface area contributed by atoms with Gasteiger partial charge < -0.3 is 10.1 Å². The van der Waals surface area contributed by atoms with E-state index in [1.807, 2.05) is 25.1 Å². The molecule has 1 unspecified atom stereocenters.